The highest BCUT2D eigenvalue weighted by Crippen LogP contribution is 2.27. The van der Waals surface area contributed by atoms with Crippen LogP contribution >= 0.6 is 23.2 Å². The lowest BCUT2D eigenvalue weighted by Crippen LogP contribution is -2.36. The van der Waals surface area contributed by atoms with Crippen molar-refractivity contribution in [2.45, 2.75) is 39.5 Å². The second kappa shape index (κ2) is 13.4. The van der Waals surface area contributed by atoms with Gasteiger partial charge in [0.15, 0.2) is 0 Å². The second-order valence-corrected chi connectivity index (χ2v) is 8.54. The van der Waals surface area contributed by atoms with E-state index in [0.29, 0.717) is 54.1 Å². The van der Waals surface area contributed by atoms with Gasteiger partial charge in [-0.2, -0.15) is 13.2 Å². The number of carbonyl (C=O) groups excluding carboxylic acids is 1. The summed E-state index contributed by atoms with van der Waals surface area (Å²) in [5.41, 5.74) is 2.12. The minimum absolute atomic E-state index is 0.0158. The van der Waals surface area contributed by atoms with Crippen LogP contribution in [0, 0.1) is 5.41 Å². The fraction of sp³-hybridized carbons (Fsp3) is 0.375. The number of aromatic nitrogens is 2. The third-order valence-electron chi connectivity index (χ3n) is 5.30. The van der Waals surface area contributed by atoms with E-state index in [-0.39, 0.29) is 12.5 Å². The molecule has 1 heterocycles. The van der Waals surface area contributed by atoms with Gasteiger partial charge in [0, 0.05) is 24.7 Å². The summed E-state index contributed by atoms with van der Waals surface area (Å²) in [7, 11) is 0. The van der Waals surface area contributed by atoms with Crippen molar-refractivity contribution < 1.29 is 32.6 Å². The first-order valence-electron chi connectivity index (χ1n) is 11.3. The summed E-state index contributed by atoms with van der Waals surface area (Å²) >= 11 is 12.1. The van der Waals surface area contributed by atoms with Crippen molar-refractivity contribution in [1.29, 1.82) is 5.41 Å². The number of likely N-dealkylation sites (N-methyl/N-ethyl adjacent to an activating group) is 1. The van der Waals surface area contributed by atoms with Crippen molar-refractivity contribution in [2.75, 3.05) is 19.7 Å². The molecule has 0 aliphatic rings. The van der Waals surface area contributed by atoms with Crippen LogP contribution in [-0.2, 0) is 22.7 Å². The number of alkyl halides is 3. The van der Waals surface area contributed by atoms with Gasteiger partial charge in [-0.3, -0.25) is 10.2 Å². The van der Waals surface area contributed by atoms with E-state index in [9.17, 15) is 18.0 Å². The zero-order valence-electron chi connectivity index (χ0n) is 20.2. The lowest BCUT2D eigenvalue weighted by atomic mass is 10.3. The first-order chi connectivity index (χ1) is 17.4. The number of nitrogens with zero attached hydrogens (tertiary/aromatic N) is 3. The quantitative estimate of drug-likeness (QED) is 0.350. The summed E-state index contributed by atoms with van der Waals surface area (Å²) in [6.07, 6.45) is -4.40. The number of carbonyl (C=O) groups is 2. The van der Waals surface area contributed by atoms with Gasteiger partial charge in [-0.1, -0.05) is 35.3 Å². The predicted molar refractivity (Wildman–Crippen MR) is 134 cm³/mol. The molecule has 0 fully saturated rings. The molecule has 13 heteroatoms. The van der Waals surface area contributed by atoms with Crippen molar-refractivity contribution in [3.63, 3.8) is 0 Å². The summed E-state index contributed by atoms with van der Waals surface area (Å²) in [4.78, 5) is 23.3. The van der Waals surface area contributed by atoms with Gasteiger partial charge >= 0.3 is 12.1 Å². The molecule has 0 radical (unpaired) electrons. The number of aryl methyl sites for hydroxylation is 1. The molecule has 0 aliphatic carbocycles. The van der Waals surface area contributed by atoms with Crippen LogP contribution in [0.15, 0.2) is 42.5 Å². The molecule has 202 valence electrons. The maximum Gasteiger partial charge on any atom is 0.490 e. The van der Waals surface area contributed by atoms with Gasteiger partial charge < -0.3 is 23.9 Å². The summed E-state index contributed by atoms with van der Waals surface area (Å²) in [6.45, 7) is 6.44. The van der Waals surface area contributed by atoms with Crippen molar-refractivity contribution in [3.8, 4) is 5.75 Å². The van der Waals surface area contributed by atoms with Gasteiger partial charge in [0.2, 0.25) is 11.5 Å². The predicted octanol–water partition coefficient (Wildman–Crippen LogP) is 5.20. The molecular formula is C24H27Cl2F3N4O4. The molecule has 0 aliphatic heterocycles. The first kappa shape index (κ1) is 30.0. The highest BCUT2D eigenvalue weighted by Gasteiger charge is 2.38. The number of amides is 1. The molecule has 3 aromatic rings. The highest BCUT2D eigenvalue weighted by atomic mass is 35.5. The third-order valence-corrected chi connectivity index (χ3v) is 5.83. The lowest BCUT2D eigenvalue weighted by Gasteiger charge is -2.19. The number of benzene rings is 2. The molecule has 0 saturated heterocycles. The van der Waals surface area contributed by atoms with Crippen LogP contribution in [0.1, 0.15) is 20.3 Å². The molecule has 37 heavy (non-hydrogen) atoms. The number of ether oxygens (including phenoxy) is 1. The number of para-hydroxylation sites is 2. The zero-order valence-corrected chi connectivity index (χ0v) is 21.7. The molecule has 0 saturated carbocycles. The van der Waals surface area contributed by atoms with Crippen molar-refractivity contribution >= 4 is 46.1 Å². The van der Waals surface area contributed by atoms with Gasteiger partial charge in [-0.15, -0.1) is 0 Å². The number of rotatable bonds is 9. The SMILES string of the molecule is CCN(CC)C(=O)Cn1c(=N)n(CCCOc2ccc(Cl)cc2Cl)c2ccccc21.O=C(O)C(F)(F)F. The number of halogens is 5. The topological polar surface area (TPSA) is 101 Å². The molecule has 1 amide bonds. The zero-order chi connectivity index (χ0) is 27.8. The van der Waals surface area contributed by atoms with Crippen LogP contribution in [0.4, 0.5) is 13.2 Å². The maximum atomic E-state index is 12.6. The molecule has 0 unspecified atom stereocenters. The number of aliphatic carboxylic acids is 1. The molecule has 0 bridgehead atoms. The van der Waals surface area contributed by atoms with Crippen LogP contribution < -0.4 is 10.4 Å². The van der Waals surface area contributed by atoms with E-state index in [0.717, 1.165) is 11.0 Å². The van der Waals surface area contributed by atoms with Crippen LogP contribution in [0.25, 0.3) is 11.0 Å². The second-order valence-electron chi connectivity index (χ2n) is 7.70. The molecule has 1 aromatic heterocycles. The Bertz CT molecular complexity index is 1290. The fourth-order valence-electron chi connectivity index (χ4n) is 3.49. The Hall–Kier alpha value is -3.18. The molecule has 2 aromatic carbocycles. The molecule has 8 nitrogen and oxygen atoms in total. The minimum Gasteiger partial charge on any atom is -0.492 e. The molecule has 0 spiro atoms. The monoisotopic (exact) mass is 562 g/mol. The number of carboxylic acids is 1. The van der Waals surface area contributed by atoms with Crippen LogP contribution in [0.2, 0.25) is 10.0 Å². The van der Waals surface area contributed by atoms with E-state index in [1.165, 1.54) is 0 Å². The van der Waals surface area contributed by atoms with Gasteiger partial charge in [0.1, 0.15) is 12.3 Å². The smallest absolute Gasteiger partial charge is 0.490 e. The molecular weight excluding hydrogens is 536 g/mol. The number of hydrogen-bond donors (Lipinski definition) is 2. The number of hydrogen-bond acceptors (Lipinski definition) is 4. The Morgan fingerprint density at radius 1 is 1.05 bits per heavy atom. The van der Waals surface area contributed by atoms with E-state index in [1.807, 2.05) is 42.7 Å². The normalized spacial score (nSPS) is 11.1. The standard InChI is InChI=1S/C22H26Cl2N4O2.C2HF3O2/c1-3-26(4-2)21(29)15-28-19-9-6-5-8-18(19)27(22(28)25)12-7-13-30-20-11-10-16(23)14-17(20)24;3-2(4,5)1(6)7/h5-6,8-11,14,25H,3-4,7,12-13,15H2,1-2H3;(H,6,7). The van der Waals surface area contributed by atoms with E-state index in [1.54, 1.807) is 27.7 Å². The number of nitrogens with one attached hydrogen (secondary N) is 1. The fourth-order valence-corrected chi connectivity index (χ4v) is 3.95. The summed E-state index contributed by atoms with van der Waals surface area (Å²) in [6, 6.07) is 12.9. The van der Waals surface area contributed by atoms with Crippen LogP contribution in [0.5, 0.6) is 5.75 Å². The maximum absolute atomic E-state index is 12.6. The Morgan fingerprint density at radius 3 is 2.14 bits per heavy atom. The van der Waals surface area contributed by atoms with E-state index in [2.05, 4.69) is 0 Å². The number of imidazole rings is 1. The summed E-state index contributed by atoms with van der Waals surface area (Å²) in [5, 5.41) is 16.8. The summed E-state index contributed by atoms with van der Waals surface area (Å²) in [5.74, 6) is -2.15. The average molecular weight is 563 g/mol. The average Bonchev–Trinajstić information content (AvgIpc) is 3.09. The molecule has 2 N–H and O–H groups in total. The van der Waals surface area contributed by atoms with Crippen molar-refractivity contribution in [1.82, 2.24) is 14.0 Å². The van der Waals surface area contributed by atoms with Gasteiger partial charge in [-0.05, 0) is 50.6 Å². The Kier molecular flexibility index (Phi) is 10.9. The van der Waals surface area contributed by atoms with Crippen molar-refractivity contribution in [2.24, 2.45) is 0 Å². The first-order valence-corrected chi connectivity index (χ1v) is 12.0. The number of carboxylic acid groups (broad SMARTS) is 1. The third kappa shape index (κ3) is 8.16. The van der Waals surface area contributed by atoms with E-state index >= 15 is 0 Å². The highest BCUT2D eigenvalue weighted by molar-refractivity contribution is 6.35. The Balaban J connectivity index is 0.000000604. The summed E-state index contributed by atoms with van der Waals surface area (Å²) < 4.78 is 41.2. The Morgan fingerprint density at radius 2 is 1.62 bits per heavy atom. The lowest BCUT2D eigenvalue weighted by molar-refractivity contribution is -0.192. The van der Waals surface area contributed by atoms with Gasteiger partial charge in [0.05, 0.1) is 22.7 Å². The van der Waals surface area contributed by atoms with Gasteiger partial charge in [-0.25, -0.2) is 4.79 Å². The Labute approximate surface area is 221 Å². The van der Waals surface area contributed by atoms with Crippen LogP contribution in [0.3, 0.4) is 0 Å². The minimum atomic E-state index is -5.08. The largest absolute Gasteiger partial charge is 0.492 e. The van der Waals surface area contributed by atoms with Crippen molar-refractivity contribution in [3.05, 3.63) is 58.1 Å². The van der Waals surface area contributed by atoms with Crippen LogP contribution in [-0.4, -0.2) is 56.9 Å². The van der Waals surface area contributed by atoms with E-state index < -0.39 is 12.1 Å². The molecule has 0 atom stereocenters. The van der Waals surface area contributed by atoms with Gasteiger partial charge in [0.25, 0.3) is 0 Å². The number of fused-ring (bicyclic) bond motifs is 1. The van der Waals surface area contributed by atoms with E-state index in [4.69, 9.17) is 43.2 Å². The molecule has 3 rings (SSSR count).